The number of hydrogen-bond donors (Lipinski definition) is 3. The number of amides is 2. The van der Waals surface area contributed by atoms with Crippen LogP contribution in [0, 0.1) is 13.8 Å². The molecular weight excluding hydrogens is 627 g/mol. The number of aryl methyl sites for hydroxylation is 1. The second-order valence-corrected chi connectivity index (χ2v) is 14.3. The van der Waals surface area contributed by atoms with E-state index in [1.54, 1.807) is 17.8 Å². The molecule has 0 aromatic heterocycles. The summed E-state index contributed by atoms with van der Waals surface area (Å²) in [6, 6.07) is 44.4. The summed E-state index contributed by atoms with van der Waals surface area (Å²) in [5.74, 6) is 0.368. The van der Waals surface area contributed by atoms with Crippen molar-refractivity contribution < 1.29 is 14.3 Å². The Morgan fingerprint density at radius 1 is 0.714 bits per heavy atom. The average Bonchev–Trinajstić information content (AvgIpc) is 3.10. The van der Waals surface area contributed by atoms with Gasteiger partial charge in [0.05, 0.1) is 10.8 Å². The highest BCUT2D eigenvalue weighted by atomic mass is 32.2. The van der Waals surface area contributed by atoms with Gasteiger partial charge in [0.15, 0.2) is 0 Å². The number of benzene rings is 5. The molecule has 6 nitrogen and oxygen atoms in total. The van der Waals surface area contributed by atoms with E-state index < -0.39 is 16.4 Å². The molecule has 0 saturated carbocycles. The maximum Gasteiger partial charge on any atom is 0.407 e. The number of nitrogens with one attached hydrogen (secondary N) is 3. The van der Waals surface area contributed by atoms with E-state index in [1.807, 2.05) is 89.2 Å². The smallest absolute Gasteiger partial charge is 0.407 e. The van der Waals surface area contributed by atoms with Crippen molar-refractivity contribution in [3.8, 4) is 0 Å². The highest BCUT2D eigenvalue weighted by molar-refractivity contribution is 8.00. The van der Waals surface area contributed by atoms with Crippen LogP contribution in [0.2, 0.25) is 0 Å². The van der Waals surface area contributed by atoms with Gasteiger partial charge in [0, 0.05) is 29.2 Å². The van der Waals surface area contributed by atoms with E-state index in [1.165, 1.54) is 0 Å². The van der Waals surface area contributed by atoms with Crippen LogP contribution in [-0.4, -0.2) is 35.9 Å². The van der Waals surface area contributed by atoms with E-state index in [0.717, 1.165) is 39.2 Å². The lowest BCUT2D eigenvalue weighted by atomic mass is 9.84. The van der Waals surface area contributed by atoms with Crippen molar-refractivity contribution in [3.63, 3.8) is 0 Å². The molecule has 252 valence electrons. The van der Waals surface area contributed by atoms with E-state index in [9.17, 15) is 9.59 Å². The number of carbonyl (C=O) groups is 2. The molecule has 1 atom stereocenters. The highest BCUT2D eigenvalue weighted by Crippen LogP contribution is 2.48. The number of ether oxygens (including phenoxy) is 1. The molecule has 0 unspecified atom stereocenters. The number of thioether (sulfide) groups is 1. The van der Waals surface area contributed by atoms with Gasteiger partial charge < -0.3 is 20.7 Å². The molecule has 3 N–H and O–H groups in total. The third kappa shape index (κ3) is 9.12. The van der Waals surface area contributed by atoms with E-state index in [-0.39, 0.29) is 11.9 Å². The van der Waals surface area contributed by atoms with E-state index in [2.05, 4.69) is 88.7 Å². The highest BCUT2D eigenvalue weighted by Gasteiger charge is 2.38. The first-order valence-electron chi connectivity index (χ1n) is 16.6. The quantitative estimate of drug-likeness (QED) is 0.115. The molecule has 49 heavy (non-hydrogen) atoms. The Hall–Kier alpha value is -5.01. The number of hydrogen-bond acceptors (Lipinski definition) is 5. The molecule has 0 aliphatic carbocycles. The minimum Gasteiger partial charge on any atom is -0.444 e. The minimum atomic E-state index is -0.644. The zero-order chi connectivity index (χ0) is 34.9. The minimum absolute atomic E-state index is 0.185. The van der Waals surface area contributed by atoms with E-state index in [0.29, 0.717) is 17.9 Å². The summed E-state index contributed by atoms with van der Waals surface area (Å²) in [4.78, 5) is 26.4. The fourth-order valence-corrected chi connectivity index (χ4v) is 7.27. The first kappa shape index (κ1) is 35.3. The van der Waals surface area contributed by atoms with Crippen molar-refractivity contribution in [2.24, 2.45) is 0 Å². The van der Waals surface area contributed by atoms with E-state index in [4.69, 9.17) is 4.74 Å². The Kier molecular flexibility index (Phi) is 11.5. The van der Waals surface area contributed by atoms with Crippen molar-refractivity contribution in [3.05, 3.63) is 167 Å². The standard InChI is InChI=1S/C42H45N3O3S/c1-30-17-15-26-38(31(30)2)45-39(46)32-18-16-25-36(27-32)43-28-37(44-40(47)48-41(3,4)5)29-49-42(33-19-9-6-10-20-33,34-21-11-7-12-22-34)35-23-13-8-14-24-35/h6-27,37,43H,28-29H2,1-5H3,(H,44,47)(H,45,46)/t37-/m1/s1. The van der Waals surface area contributed by atoms with Crippen LogP contribution in [-0.2, 0) is 9.48 Å². The summed E-state index contributed by atoms with van der Waals surface area (Å²) in [6.45, 7) is 10.0. The summed E-state index contributed by atoms with van der Waals surface area (Å²) in [5.41, 5.74) is 7.04. The topological polar surface area (TPSA) is 79.5 Å². The first-order chi connectivity index (χ1) is 23.5. The Balaban J connectivity index is 1.42. The van der Waals surface area contributed by atoms with Gasteiger partial charge in [0.25, 0.3) is 5.91 Å². The number of alkyl carbamates (subject to hydrolysis) is 1. The van der Waals surface area contributed by atoms with Crippen LogP contribution in [0.3, 0.4) is 0 Å². The van der Waals surface area contributed by atoms with Gasteiger partial charge in [-0.2, -0.15) is 0 Å². The molecule has 5 rings (SSSR count). The lowest BCUT2D eigenvalue weighted by Gasteiger charge is -2.37. The molecule has 7 heteroatoms. The van der Waals surface area contributed by atoms with Gasteiger partial charge in [-0.1, -0.05) is 109 Å². The largest absolute Gasteiger partial charge is 0.444 e. The molecule has 0 spiro atoms. The van der Waals surface area contributed by atoms with Crippen molar-refractivity contribution in [2.45, 2.75) is 51.0 Å². The summed E-state index contributed by atoms with van der Waals surface area (Å²) in [7, 11) is 0. The van der Waals surface area contributed by atoms with Gasteiger partial charge in [0.1, 0.15) is 5.60 Å². The van der Waals surface area contributed by atoms with Crippen LogP contribution < -0.4 is 16.0 Å². The van der Waals surface area contributed by atoms with Crippen LogP contribution in [0.1, 0.15) is 58.9 Å². The zero-order valence-electron chi connectivity index (χ0n) is 28.8. The fraction of sp³-hybridized carbons (Fsp3) is 0.238. The third-order valence-corrected chi connectivity index (χ3v) is 10.0. The van der Waals surface area contributed by atoms with Crippen LogP contribution >= 0.6 is 11.8 Å². The van der Waals surface area contributed by atoms with Gasteiger partial charge >= 0.3 is 6.09 Å². The van der Waals surface area contributed by atoms with Crippen LogP contribution in [0.4, 0.5) is 16.2 Å². The van der Waals surface area contributed by atoms with Gasteiger partial charge in [-0.25, -0.2) is 4.79 Å². The summed E-state index contributed by atoms with van der Waals surface area (Å²) < 4.78 is 5.14. The van der Waals surface area contributed by atoms with Crippen molar-refractivity contribution in [2.75, 3.05) is 22.9 Å². The second kappa shape index (κ2) is 15.9. The normalized spacial score (nSPS) is 12.1. The van der Waals surface area contributed by atoms with Crippen LogP contribution in [0.25, 0.3) is 0 Å². The predicted molar refractivity (Wildman–Crippen MR) is 204 cm³/mol. The molecule has 0 heterocycles. The Morgan fingerprint density at radius 2 is 1.27 bits per heavy atom. The molecule has 0 aliphatic rings. The molecule has 0 fully saturated rings. The average molecular weight is 672 g/mol. The second-order valence-electron chi connectivity index (χ2n) is 13.1. The number of anilines is 2. The fourth-order valence-electron chi connectivity index (χ4n) is 5.71. The SMILES string of the molecule is Cc1cccc(NC(=O)c2cccc(NC[C@H](CSC(c3ccccc3)(c3ccccc3)c3ccccc3)NC(=O)OC(C)(C)C)c2)c1C. The van der Waals surface area contributed by atoms with Gasteiger partial charge in [-0.05, 0) is 86.7 Å². The molecule has 2 amide bonds. The van der Waals surface area contributed by atoms with Crippen molar-refractivity contribution in [1.82, 2.24) is 5.32 Å². The molecule has 5 aromatic rings. The van der Waals surface area contributed by atoms with Gasteiger partial charge in [-0.3, -0.25) is 4.79 Å². The molecule has 5 aromatic carbocycles. The third-order valence-electron chi connectivity index (χ3n) is 8.29. The zero-order valence-corrected chi connectivity index (χ0v) is 29.6. The maximum absolute atomic E-state index is 13.2. The van der Waals surface area contributed by atoms with Crippen molar-refractivity contribution >= 4 is 35.1 Å². The lowest BCUT2D eigenvalue weighted by Crippen LogP contribution is -2.45. The molecule has 0 aliphatic heterocycles. The summed E-state index contributed by atoms with van der Waals surface area (Å²) in [6.07, 6.45) is -0.480. The Morgan fingerprint density at radius 3 is 1.82 bits per heavy atom. The van der Waals surface area contributed by atoms with Crippen LogP contribution in [0.5, 0.6) is 0 Å². The van der Waals surface area contributed by atoms with Gasteiger partial charge in [0.2, 0.25) is 0 Å². The lowest BCUT2D eigenvalue weighted by molar-refractivity contribution is 0.0512. The first-order valence-corrected chi connectivity index (χ1v) is 17.6. The van der Waals surface area contributed by atoms with E-state index >= 15 is 0 Å². The molecule has 0 radical (unpaired) electrons. The monoisotopic (exact) mass is 671 g/mol. The summed E-state index contributed by atoms with van der Waals surface area (Å²) in [5, 5.41) is 9.66. The van der Waals surface area contributed by atoms with Crippen LogP contribution in [0.15, 0.2) is 133 Å². The molecule has 0 saturated heterocycles. The Labute approximate surface area is 294 Å². The maximum atomic E-state index is 13.2. The summed E-state index contributed by atoms with van der Waals surface area (Å²) >= 11 is 1.77. The molecule has 0 bridgehead atoms. The van der Waals surface area contributed by atoms with Gasteiger partial charge in [-0.15, -0.1) is 11.8 Å². The predicted octanol–water partition coefficient (Wildman–Crippen LogP) is 9.59. The Bertz CT molecular complexity index is 1740. The molecular formula is C42H45N3O3S. The number of rotatable bonds is 12. The number of carbonyl (C=O) groups excluding carboxylic acids is 2. The van der Waals surface area contributed by atoms with Crippen molar-refractivity contribution in [1.29, 1.82) is 0 Å².